The number of amides is 1. The van der Waals surface area contributed by atoms with E-state index in [0.29, 0.717) is 4.47 Å². The Morgan fingerprint density at radius 2 is 2.04 bits per heavy atom. The fourth-order valence-electron chi connectivity index (χ4n) is 2.97. The van der Waals surface area contributed by atoms with Gasteiger partial charge < -0.3 is 10.4 Å². The van der Waals surface area contributed by atoms with Crippen LogP contribution in [0.3, 0.4) is 0 Å². The van der Waals surface area contributed by atoms with E-state index in [-0.39, 0.29) is 35.7 Å². The SMILES string of the molecule is Cc1cc(Br)c(O)c(NC(=O)C2CC(F)(c3cccc(F)c3)C2)c1. The number of hydrogen-bond acceptors (Lipinski definition) is 2. The Morgan fingerprint density at radius 3 is 2.71 bits per heavy atom. The lowest BCUT2D eigenvalue weighted by Gasteiger charge is -2.40. The number of halogens is 3. The van der Waals surface area contributed by atoms with Gasteiger partial charge >= 0.3 is 0 Å². The maximum absolute atomic E-state index is 14.8. The van der Waals surface area contributed by atoms with Crippen LogP contribution in [0.2, 0.25) is 0 Å². The van der Waals surface area contributed by atoms with Crippen LogP contribution in [0.25, 0.3) is 0 Å². The summed E-state index contributed by atoms with van der Waals surface area (Å²) in [6, 6.07) is 8.78. The number of carbonyl (C=O) groups is 1. The number of aryl methyl sites for hydroxylation is 1. The third-order valence-corrected chi connectivity index (χ3v) is 4.92. The number of hydrogen-bond donors (Lipinski definition) is 2. The van der Waals surface area contributed by atoms with E-state index in [2.05, 4.69) is 21.2 Å². The van der Waals surface area contributed by atoms with Gasteiger partial charge in [0.05, 0.1) is 10.2 Å². The van der Waals surface area contributed by atoms with Gasteiger partial charge in [0.25, 0.3) is 0 Å². The normalized spacial score (nSPS) is 22.8. The van der Waals surface area contributed by atoms with Gasteiger partial charge in [0.15, 0.2) is 5.75 Å². The van der Waals surface area contributed by atoms with Crippen molar-refractivity contribution in [3.8, 4) is 5.75 Å². The molecule has 126 valence electrons. The van der Waals surface area contributed by atoms with Crippen molar-refractivity contribution >= 4 is 27.5 Å². The van der Waals surface area contributed by atoms with Gasteiger partial charge in [-0.05, 0) is 71.1 Å². The van der Waals surface area contributed by atoms with Gasteiger partial charge in [0.1, 0.15) is 11.5 Å². The molecule has 0 unspecified atom stereocenters. The molecule has 0 saturated heterocycles. The Morgan fingerprint density at radius 1 is 1.33 bits per heavy atom. The molecule has 0 heterocycles. The van der Waals surface area contributed by atoms with E-state index in [1.54, 1.807) is 12.1 Å². The molecule has 6 heteroatoms. The molecule has 1 fully saturated rings. The number of rotatable bonds is 3. The highest BCUT2D eigenvalue weighted by Crippen LogP contribution is 2.49. The van der Waals surface area contributed by atoms with E-state index >= 15 is 0 Å². The Kier molecular flexibility index (Phi) is 4.34. The van der Waals surface area contributed by atoms with Crippen LogP contribution in [0, 0.1) is 18.7 Å². The molecular weight excluding hydrogens is 380 g/mol. The molecule has 0 atom stereocenters. The minimum Gasteiger partial charge on any atom is -0.505 e. The number of aromatic hydroxyl groups is 1. The Balaban J connectivity index is 1.69. The summed E-state index contributed by atoms with van der Waals surface area (Å²) >= 11 is 3.21. The first-order chi connectivity index (χ1) is 11.3. The van der Waals surface area contributed by atoms with Gasteiger partial charge in [-0.1, -0.05) is 12.1 Å². The maximum atomic E-state index is 14.8. The van der Waals surface area contributed by atoms with Gasteiger partial charge in [0.2, 0.25) is 5.91 Å². The standard InChI is InChI=1S/C18H16BrF2NO2/c1-10-5-14(19)16(23)15(6-10)22-17(24)11-8-18(21,9-11)12-3-2-4-13(20)7-12/h2-7,11,23H,8-9H2,1H3,(H,22,24). The van der Waals surface area contributed by atoms with Crippen molar-refractivity contribution in [2.75, 3.05) is 5.32 Å². The largest absolute Gasteiger partial charge is 0.505 e. The number of phenolic OH excluding ortho intramolecular Hbond substituents is 1. The molecule has 0 aromatic heterocycles. The van der Waals surface area contributed by atoms with E-state index < -0.39 is 17.4 Å². The predicted molar refractivity (Wildman–Crippen MR) is 91.1 cm³/mol. The monoisotopic (exact) mass is 395 g/mol. The second-order valence-electron chi connectivity index (χ2n) is 6.21. The van der Waals surface area contributed by atoms with Crippen LogP contribution >= 0.6 is 15.9 Å². The van der Waals surface area contributed by atoms with Crippen LogP contribution < -0.4 is 5.32 Å². The molecule has 0 aliphatic heterocycles. The number of alkyl halides is 1. The fraction of sp³-hybridized carbons (Fsp3) is 0.278. The summed E-state index contributed by atoms with van der Waals surface area (Å²) in [7, 11) is 0. The number of phenols is 1. The summed E-state index contributed by atoms with van der Waals surface area (Å²) in [6.07, 6.45) is -0.00787. The van der Waals surface area contributed by atoms with Crippen LogP contribution in [-0.4, -0.2) is 11.0 Å². The summed E-state index contributed by atoms with van der Waals surface area (Å²) in [6.45, 7) is 1.83. The molecule has 0 bridgehead atoms. The van der Waals surface area contributed by atoms with Crippen LogP contribution in [0.15, 0.2) is 40.9 Å². The topological polar surface area (TPSA) is 49.3 Å². The lowest BCUT2D eigenvalue weighted by molar-refractivity contribution is -0.129. The molecule has 2 N–H and O–H groups in total. The summed E-state index contributed by atoms with van der Waals surface area (Å²) in [5.74, 6) is -1.43. The highest BCUT2D eigenvalue weighted by atomic mass is 79.9. The molecule has 3 nitrogen and oxygen atoms in total. The highest BCUT2D eigenvalue weighted by molar-refractivity contribution is 9.10. The minimum absolute atomic E-state index is 0.00393. The summed E-state index contributed by atoms with van der Waals surface area (Å²) in [4.78, 5) is 12.3. The molecule has 1 aliphatic carbocycles. The van der Waals surface area contributed by atoms with E-state index in [1.807, 2.05) is 6.92 Å². The van der Waals surface area contributed by atoms with E-state index in [1.165, 1.54) is 18.2 Å². The first kappa shape index (κ1) is 16.9. The van der Waals surface area contributed by atoms with Crippen LogP contribution in [0.4, 0.5) is 14.5 Å². The second kappa shape index (κ2) is 6.16. The highest BCUT2D eigenvalue weighted by Gasteiger charge is 2.49. The molecule has 1 saturated carbocycles. The van der Waals surface area contributed by atoms with Crippen molar-refractivity contribution in [1.82, 2.24) is 0 Å². The first-order valence-electron chi connectivity index (χ1n) is 7.53. The van der Waals surface area contributed by atoms with Gasteiger partial charge in [-0.15, -0.1) is 0 Å². The molecule has 1 amide bonds. The third-order valence-electron chi connectivity index (χ3n) is 4.32. The predicted octanol–water partition coefficient (Wildman–Crippen LogP) is 4.82. The van der Waals surface area contributed by atoms with Crippen molar-refractivity contribution in [2.24, 2.45) is 5.92 Å². The lowest BCUT2D eigenvalue weighted by Crippen LogP contribution is -2.43. The van der Waals surface area contributed by atoms with E-state index in [0.717, 1.165) is 11.6 Å². The zero-order chi connectivity index (χ0) is 17.5. The quantitative estimate of drug-likeness (QED) is 0.732. The second-order valence-corrected chi connectivity index (χ2v) is 7.07. The summed E-state index contributed by atoms with van der Waals surface area (Å²) in [5, 5.41) is 12.6. The molecule has 24 heavy (non-hydrogen) atoms. The lowest BCUT2D eigenvalue weighted by atomic mass is 9.68. The fourth-order valence-corrected chi connectivity index (χ4v) is 3.55. The van der Waals surface area contributed by atoms with Crippen molar-refractivity contribution in [1.29, 1.82) is 0 Å². The zero-order valence-corrected chi connectivity index (χ0v) is 14.5. The molecule has 1 aliphatic rings. The molecule has 2 aromatic rings. The average Bonchev–Trinajstić information content (AvgIpc) is 2.48. The van der Waals surface area contributed by atoms with Crippen molar-refractivity contribution in [2.45, 2.75) is 25.4 Å². The van der Waals surface area contributed by atoms with Gasteiger partial charge in [-0.25, -0.2) is 8.78 Å². The van der Waals surface area contributed by atoms with Crippen LogP contribution in [0.1, 0.15) is 24.0 Å². The Hall–Kier alpha value is -1.95. The zero-order valence-electron chi connectivity index (χ0n) is 12.9. The smallest absolute Gasteiger partial charge is 0.227 e. The maximum Gasteiger partial charge on any atom is 0.227 e. The van der Waals surface area contributed by atoms with Crippen molar-refractivity contribution in [3.63, 3.8) is 0 Å². The van der Waals surface area contributed by atoms with Gasteiger partial charge in [-0.2, -0.15) is 0 Å². The molecule has 0 spiro atoms. The van der Waals surface area contributed by atoms with Crippen LogP contribution in [0.5, 0.6) is 5.75 Å². The Labute approximate surface area is 146 Å². The summed E-state index contributed by atoms with van der Waals surface area (Å²) < 4.78 is 28.5. The number of anilines is 1. The van der Waals surface area contributed by atoms with Gasteiger partial charge in [0, 0.05) is 5.92 Å². The van der Waals surface area contributed by atoms with Crippen molar-refractivity contribution < 1.29 is 18.7 Å². The Bertz CT molecular complexity index is 804. The number of carbonyl (C=O) groups excluding carboxylic acids is 1. The number of nitrogens with one attached hydrogen (secondary N) is 1. The molecule has 3 rings (SSSR count). The molecule has 0 radical (unpaired) electrons. The van der Waals surface area contributed by atoms with Crippen molar-refractivity contribution in [3.05, 3.63) is 57.8 Å². The van der Waals surface area contributed by atoms with E-state index in [4.69, 9.17) is 0 Å². The molecular formula is C18H16BrF2NO2. The first-order valence-corrected chi connectivity index (χ1v) is 8.33. The minimum atomic E-state index is -1.68. The average molecular weight is 396 g/mol. The van der Waals surface area contributed by atoms with Gasteiger partial charge in [-0.3, -0.25) is 4.79 Å². The molecule has 2 aromatic carbocycles. The number of benzene rings is 2. The van der Waals surface area contributed by atoms with Crippen LogP contribution in [-0.2, 0) is 10.5 Å². The van der Waals surface area contributed by atoms with E-state index in [9.17, 15) is 18.7 Å². The summed E-state index contributed by atoms with van der Waals surface area (Å²) in [5.41, 5.74) is -0.274. The third kappa shape index (κ3) is 3.15.